The molecule has 3 aromatic heterocycles. The number of sulfonamides is 1. The minimum atomic E-state index is -3.60. The molecule has 0 bridgehead atoms. The van der Waals surface area contributed by atoms with Crippen molar-refractivity contribution < 1.29 is 8.42 Å². The van der Waals surface area contributed by atoms with Crippen LogP contribution in [-0.4, -0.2) is 53.9 Å². The van der Waals surface area contributed by atoms with E-state index >= 15 is 0 Å². The number of H-pyrrole nitrogens is 1. The predicted molar refractivity (Wildman–Crippen MR) is 120 cm³/mol. The second-order valence-electron chi connectivity index (χ2n) is 7.01. The van der Waals surface area contributed by atoms with Gasteiger partial charge in [-0.15, -0.1) is 0 Å². The first-order valence-corrected chi connectivity index (χ1v) is 12.0. The van der Waals surface area contributed by atoms with Crippen molar-refractivity contribution in [1.82, 2.24) is 19.3 Å². The molecule has 4 aromatic rings. The number of nitrogens with one attached hydrogen (secondary N) is 1. The largest absolute Gasteiger partial charge is 0.345 e. The van der Waals surface area contributed by atoms with Crippen LogP contribution in [0.4, 0.5) is 5.13 Å². The number of hydrogen-bond donors (Lipinski definition) is 1. The number of anilines is 1. The lowest BCUT2D eigenvalue weighted by Gasteiger charge is -2.33. The number of pyridine rings is 1. The summed E-state index contributed by atoms with van der Waals surface area (Å²) in [5, 5.41) is 2.45. The van der Waals surface area contributed by atoms with Gasteiger partial charge in [-0.25, -0.2) is 13.4 Å². The van der Waals surface area contributed by atoms with Crippen molar-refractivity contribution in [2.24, 2.45) is 0 Å². The number of piperazine rings is 1. The molecule has 154 valence electrons. The van der Waals surface area contributed by atoms with E-state index in [0.29, 0.717) is 31.2 Å². The van der Waals surface area contributed by atoms with E-state index in [0.717, 1.165) is 26.5 Å². The Kier molecular flexibility index (Phi) is 4.98. The van der Waals surface area contributed by atoms with Crippen LogP contribution in [0.25, 0.3) is 21.3 Å². The summed E-state index contributed by atoms with van der Waals surface area (Å²) in [6.45, 7) is 1.98. The van der Waals surface area contributed by atoms with E-state index in [4.69, 9.17) is 11.6 Å². The molecule has 5 rings (SSSR count). The molecule has 0 aliphatic carbocycles. The van der Waals surface area contributed by atoms with Gasteiger partial charge in [0.25, 0.3) is 10.0 Å². The van der Waals surface area contributed by atoms with Crippen LogP contribution in [0.5, 0.6) is 0 Å². The number of thiazole rings is 1. The molecule has 0 saturated carbocycles. The van der Waals surface area contributed by atoms with E-state index in [1.807, 2.05) is 24.5 Å². The third-order valence-electron chi connectivity index (χ3n) is 5.12. The molecule has 30 heavy (non-hydrogen) atoms. The first-order valence-electron chi connectivity index (χ1n) is 9.40. The highest BCUT2D eigenvalue weighted by atomic mass is 35.5. The fraction of sp³-hybridized carbons (Fsp3) is 0.200. The van der Waals surface area contributed by atoms with E-state index < -0.39 is 10.0 Å². The second-order valence-corrected chi connectivity index (χ2v) is 10.4. The molecule has 0 atom stereocenters. The molecule has 1 aliphatic heterocycles. The molecule has 7 nitrogen and oxygen atoms in total. The summed E-state index contributed by atoms with van der Waals surface area (Å²) >= 11 is 7.61. The highest BCUT2D eigenvalue weighted by Crippen LogP contribution is 2.32. The van der Waals surface area contributed by atoms with Crippen LogP contribution in [0, 0.1) is 0 Å². The molecule has 0 spiro atoms. The molecule has 1 N–H and O–H groups in total. The van der Waals surface area contributed by atoms with Crippen molar-refractivity contribution in [1.29, 1.82) is 0 Å². The zero-order valence-electron chi connectivity index (χ0n) is 15.8. The maximum Gasteiger partial charge on any atom is 0.258 e. The number of halogens is 1. The van der Waals surface area contributed by atoms with E-state index in [9.17, 15) is 8.42 Å². The van der Waals surface area contributed by atoms with Gasteiger partial charge < -0.3 is 9.88 Å². The number of rotatable bonds is 4. The Morgan fingerprint density at radius 2 is 1.90 bits per heavy atom. The third-order valence-corrected chi connectivity index (χ3v) is 8.29. The minimum Gasteiger partial charge on any atom is -0.345 e. The number of hydrogen-bond acceptors (Lipinski definition) is 6. The standard InChI is InChI=1S/C20H18ClN5O2S2/c21-16-3-4-17-15(10-16)11-19(24-17)30(27,28)26-8-6-25(7-9-26)20-23-13-18(29-20)14-2-1-5-22-12-14/h1-5,10-13,24H,6-9H2. The monoisotopic (exact) mass is 459 g/mol. The molecular formula is C20H18ClN5O2S2. The van der Waals surface area contributed by atoms with Crippen molar-refractivity contribution in [2.45, 2.75) is 5.03 Å². The number of fused-ring (bicyclic) bond motifs is 1. The summed E-state index contributed by atoms with van der Waals surface area (Å²) in [5.41, 5.74) is 1.78. The molecule has 0 radical (unpaired) electrons. The smallest absolute Gasteiger partial charge is 0.258 e. The van der Waals surface area contributed by atoms with Crippen molar-refractivity contribution in [2.75, 3.05) is 31.1 Å². The zero-order chi connectivity index (χ0) is 20.7. The van der Waals surface area contributed by atoms with Crippen LogP contribution in [0.1, 0.15) is 0 Å². The lowest BCUT2D eigenvalue weighted by molar-refractivity contribution is 0.383. The normalized spacial score (nSPS) is 15.7. The molecule has 10 heteroatoms. The van der Waals surface area contributed by atoms with E-state index in [2.05, 4.69) is 19.9 Å². The van der Waals surface area contributed by atoms with Crippen LogP contribution in [0.15, 0.2) is 60.0 Å². The maximum atomic E-state index is 13.1. The second kappa shape index (κ2) is 7.66. The topological polar surface area (TPSA) is 82.2 Å². The highest BCUT2D eigenvalue weighted by Gasteiger charge is 2.30. The number of nitrogens with zero attached hydrogens (tertiary/aromatic N) is 4. The van der Waals surface area contributed by atoms with Crippen LogP contribution in [-0.2, 0) is 10.0 Å². The first kappa shape index (κ1) is 19.5. The molecule has 1 fully saturated rings. The Balaban J connectivity index is 1.31. The van der Waals surface area contributed by atoms with E-state index in [1.54, 1.807) is 41.8 Å². The molecule has 1 saturated heterocycles. The highest BCUT2D eigenvalue weighted by molar-refractivity contribution is 7.89. The van der Waals surface area contributed by atoms with Crippen molar-refractivity contribution in [3.8, 4) is 10.4 Å². The average Bonchev–Trinajstić information content (AvgIpc) is 3.42. The van der Waals surface area contributed by atoms with Gasteiger partial charge in [0.05, 0.1) is 4.88 Å². The van der Waals surface area contributed by atoms with E-state index in [1.165, 1.54) is 4.31 Å². The summed E-state index contributed by atoms with van der Waals surface area (Å²) < 4.78 is 27.7. The van der Waals surface area contributed by atoms with Gasteiger partial charge in [0.2, 0.25) is 0 Å². The summed E-state index contributed by atoms with van der Waals surface area (Å²) in [6, 6.07) is 10.8. The van der Waals surface area contributed by atoms with Gasteiger partial charge in [0.1, 0.15) is 5.03 Å². The molecule has 4 heterocycles. The molecule has 0 amide bonds. The van der Waals surface area contributed by atoms with Gasteiger partial charge in [0, 0.05) is 66.3 Å². The van der Waals surface area contributed by atoms with Crippen molar-refractivity contribution >= 4 is 49.0 Å². The molecule has 1 aliphatic rings. The number of aromatic amines is 1. The van der Waals surface area contributed by atoms with Crippen LogP contribution >= 0.6 is 22.9 Å². The SMILES string of the molecule is O=S(=O)(c1cc2cc(Cl)ccc2[nH]1)N1CCN(c2ncc(-c3cccnc3)s2)CC1. The Morgan fingerprint density at radius 1 is 1.07 bits per heavy atom. The Bertz CT molecular complexity index is 1300. The van der Waals surface area contributed by atoms with Gasteiger partial charge in [-0.05, 0) is 30.3 Å². The lowest BCUT2D eigenvalue weighted by atomic mass is 10.2. The first-order chi connectivity index (χ1) is 14.5. The Hall–Kier alpha value is -2.46. The third kappa shape index (κ3) is 3.58. The van der Waals surface area contributed by atoms with Gasteiger partial charge in [0.15, 0.2) is 5.13 Å². The molecule has 0 unspecified atom stereocenters. The van der Waals surface area contributed by atoms with Crippen LogP contribution in [0.3, 0.4) is 0 Å². The van der Waals surface area contributed by atoms with Crippen LogP contribution in [0.2, 0.25) is 5.02 Å². The predicted octanol–water partition coefficient (Wildman–Crippen LogP) is 3.85. The summed E-state index contributed by atoms with van der Waals surface area (Å²) in [6.07, 6.45) is 5.40. The van der Waals surface area contributed by atoms with Crippen molar-refractivity contribution in [3.05, 3.63) is 60.0 Å². The summed E-state index contributed by atoms with van der Waals surface area (Å²) in [4.78, 5) is 14.9. The van der Waals surface area contributed by atoms with Crippen LogP contribution < -0.4 is 4.90 Å². The van der Waals surface area contributed by atoms with Gasteiger partial charge in [-0.3, -0.25) is 4.98 Å². The summed E-state index contributed by atoms with van der Waals surface area (Å²) in [7, 11) is -3.60. The average molecular weight is 460 g/mol. The number of aromatic nitrogens is 3. The minimum absolute atomic E-state index is 0.196. The molecule has 1 aromatic carbocycles. The fourth-order valence-electron chi connectivity index (χ4n) is 3.53. The van der Waals surface area contributed by atoms with Gasteiger partial charge in [-0.1, -0.05) is 29.0 Å². The quantitative estimate of drug-likeness (QED) is 0.501. The zero-order valence-corrected chi connectivity index (χ0v) is 18.2. The number of benzene rings is 1. The van der Waals surface area contributed by atoms with E-state index in [-0.39, 0.29) is 5.03 Å². The Morgan fingerprint density at radius 3 is 2.67 bits per heavy atom. The summed E-state index contributed by atoms with van der Waals surface area (Å²) in [5.74, 6) is 0. The lowest BCUT2D eigenvalue weighted by Crippen LogP contribution is -2.48. The fourth-order valence-corrected chi connectivity index (χ4v) is 6.10. The maximum absolute atomic E-state index is 13.1. The molecular weight excluding hydrogens is 442 g/mol. The Labute approximate surface area is 183 Å². The van der Waals surface area contributed by atoms with Crippen molar-refractivity contribution in [3.63, 3.8) is 0 Å². The van der Waals surface area contributed by atoms with Gasteiger partial charge >= 0.3 is 0 Å². The van der Waals surface area contributed by atoms with Gasteiger partial charge in [-0.2, -0.15) is 4.31 Å².